The minimum Gasteiger partial charge on any atom is -0.378 e. The molecule has 9 heteroatoms. The van der Waals surface area contributed by atoms with Crippen LogP contribution in [0.4, 0.5) is 0 Å². The third kappa shape index (κ3) is 4.19. The Balaban J connectivity index is 0.000000158. The molecule has 1 unspecified atom stereocenters. The van der Waals surface area contributed by atoms with Crippen molar-refractivity contribution in [1.82, 2.24) is 9.90 Å². The first-order valence-electron chi connectivity index (χ1n) is 9.59. The smallest absolute Gasteiger partial charge is 0.292 e. The summed E-state index contributed by atoms with van der Waals surface area (Å²) in [4.78, 5) is 23.2. The normalized spacial score (nSPS) is 16.5. The van der Waals surface area contributed by atoms with E-state index in [-0.39, 0.29) is 17.3 Å². The lowest BCUT2D eigenvalue weighted by Crippen LogP contribution is -2.25. The summed E-state index contributed by atoms with van der Waals surface area (Å²) in [5, 5.41) is 3.39. The van der Waals surface area contributed by atoms with Crippen LogP contribution >= 0.6 is 23.2 Å². The van der Waals surface area contributed by atoms with Crippen LogP contribution in [0.15, 0.2) is 55.0 Å². The van der Waals surface area contributed by atoms with E-state index in [9.17, 15) is 9.59 Å². The molecule has 7 nitrogen and oxygen atoms in total. The van der Waals surface area contributed by atoms with Gasteiger partial charge in [0.05, 0.1) is 10.8 Å². The summed E-state index contributed by atoms with van der Waals surface area (Å²) in [5.41, 5.74) is 2.68. The summed E-state index contributed by atoms with van der Waals surface area (Å²) in [6, 6.07) is 10.7. The molecular weight excluding hydrogens is 431 g/mol. The molecule has 5 rings (SSSR count). The zero-order chi connectivity index (χ0) is 21.1. The van der Waals surface area contributed by atoms with Crippen molar-refractivity contribution in [3.05, 3.63) is 68.2 Å². The zero-order valence-corrected chi connectivity index (χ0v) is 17.5. The number of hydrogen-bond donors (Lipinski definition) is 1. The molecule has 0 radical (unpaired) electrons. The molecule has 2 aromatic carbocycles. The first-order valence-corrected chi connectivity index (χ1v) is 10.7. The van der Waals surface area contributed by atoms with Crippen molar-refractivity contribution in [2.75, 3.05) is 6.61 Å². The molecule has 1 N–H and O–H groups in total. The fourth-order valence-electron chi connectivity index (χ4n) is 3.34. The van der Waals surface area contributed by atoms with Crippen LogP contribution in [0.3, 0.4) is 0 Å². The van der Waals surface area contributed by atoms with E-state index < -0.39 is 0 Å². The third-order valence-electron chi connectivity index (χ3n) is 4.94. The van der Waals surface area contributed by atoms with Crippen molar-refractivity contribution in [2.45, 2.75) is 37.3 Å². The first-order chi connectivity index (χ1) is 14.6. The van der Waals surface area contributed by atoms with Crippen LogP contribution in [0, 0.1) is 0 Å². The molecule has 2 aromatic heterocycles. The largest absolute Gasteiger partial charge is 0.378 e. The van der Waals surface area contributed by atoms with Crippen LogP contribution in [-0.4, -0.2) is 16.5 Å². The number of halogens is 2. The Hall–Kier alpha value is -2.48. The van der Waals surface area contributed by atoms with E-state index in [4.69, 9.17) is 37.0 Å². The monoisotopic (exact) mass is 450 g/mol. The molecule has 1 saturated heterocycles. The minimum atomic E-state index is -0.266. The highest BCUT2D eigenvalue weighted by Gasteiger charge is 2.21. The highest BCUT2D eigenvalue weighted by molar-refractivity contribution is 6.17. The number of fused-ring (bicyclic) bond motifs is 2. The Morgan fingerprint density at radius 3 is 2.33 bits per heavy atom. The van der Waals surface area contributed by atoms with Crippen LogP contribution in [0.2, 0.25) is 0 Å². The first kappa shape index (κ1) is 20.8. The van der Waals surface area contributed by atoms with Gasteiger partial charge >= 0.3 is 0 Å². The molecule has 3 heterocycles. The van der Waals surface area contributed by atoms with Gasteiger partial charge in [-0.2, -0.15) is 5.16 Å². The summed E-state index contributed by atoms with van der Waals surface area (Å²) in [7, 11) is 0. The second-order valence-corrected chi connectivity index (χ2v) is 7.54. The number of nitrogens with zero attached hydrogens (tertiary/aromatic N) is 1. The summed E-state index contributed by atoms with van der Waals surface area (Å²) < 4.78 is 17.4. The predicted molar refractivity (Wildman–Crippen MR) is 115 cm³/mol. The van der Waals surface area contributed by atoms with Crippen LogP contribution in [0.25, 0.3) is 21.9 Å². The number of ether oxygens (including phenoxy) is 1. The van der Waals surface area contributed by atoms with Gasteiger partial charge in [-0.15, -0.1) is 27.9 Å². The van der Waals surface area contributed by atoms with Crippen molar-refractivity contribution in [3.63, 3.8) is 0 Å². The Bertz CT molecular complexity index is 1260. The lowest BCUT2D eigenvalue weighted by atomic mass is 10.2. The number of rotatable bonds is 3. The maximum Gasteiger partial charge on any atom is 0.292 e. The topological polar surface area (TPSA) is 90.4 Å². The van der Waals surface area contributed by atoms with Gasteiger partial charge in [0.15, 0.2) is 17.4 Å². The molecule has 0 amide bonds. The highest BCUT2D eigenvalue weighted by atomic mass is 35.5. The van der Waals surface area contributed by atoms with Crippen LogP contribution in [-0.2, 0) is 16.5 Å². The van der Waals surface area contributed by atoms with Gasteiger partial charge in [0.25, 0.3) is 11.1 Å². The molecule has 0 bridgehead atoms. The maximum atomic E-state index is 12.2. The van der Waals surface area contributed by atoms with Crippen molar-refractivity contribution >= 4 is 45.1 Å². The van der Waals surface area contributed by atoms with Gasteiger partial charge in [-0.25, -0.2) is 0 Å². The van der Waals surface area contributed by atoms with Crippen LogP contribution < -0.4 is 11.1 Å². The summed E-state index contributed by atoms with van der Waals surface area (Å²) >= 11 is 11.4. The van der Waals surface area contributed by atoms with Crippen molar-refractivity contribution in [3.8, 4) is 0 Å². The molecule has 0 aliphatic carbocycles. The summed E-state index contributed by atoms with van der Waals surface area (Å²) in [6.45, 7) is 0.682. The minimum absolute atomic E-state index is 0.127. The molecule has 1 aliphatic heterocycles. The Morgan fingerprint density at radius 1 is 0.967 bits per heavy atom. The van der Waals surface area contributed by atoms with Gasteiger partial charge in [-0.05, 0) is 54.7 Å². The number of H-pyrrole nitrogens is 1. The molecule has 1 aliphatic rings. The molecular formula is C21H20Cl2N2O5. The van der Waals surface area contributed by atoms with E-state index in [0.29, 0.717) is 40.3 Å². The molecule has 1 atom stereocenters. The average Bonchev–Trinajstić information content (AvgIpc) is 3.33. The van der Waals surface area contributed by atoms with E-state index >= 15 is 0 Å². The van der Waals surface area contributed by atoms with Gasteiger partial charge in [0, 0.05) is 18.4 Å². The Labute approximate surface area is 181 Å². The van der Waals surface area contributed by atoms with E-state index in [1.165, 1.54) is 4.74 Å². The summed E-state index contributed by atoms with van der Waals surface area (Å²) in [5.74, 6) is 0.829. The number of aromatic nitrogens is 2. The molecule has 4 aromatic rings. The number of alkyl halides is 2. The van der Waals surface area contributed by atoms with Gasteiger partial charge in [0.1, 0.15) is 0 Å². The number of aromatic amines is 1. The zero-order valence-electron chi connectivity index (χ0n) is 16.0. The second kappa shape index (κ2) is 9.12. The van der Waals surface area contributed by atoms with Crippen molar-refractivity contribution in [1.29, 1.82) is 0 Å². The highest BCUT2D eigenvalue weighted by Crippen LogP contribution is 2.24. The van der Waals surface area contributed by atoms with Crippen LogP contribution in [0.5, 0.6) is 0 Å². The van der Waals surface area contributed by atoms with Gasteiger partial charge in [-0.3, -0.25) is 9.59 Å². The van der Waals surface area contributed by atoms with Crippen molar-refractivity contribution in [2.24, 2.45) is 0 Å². The van der Waals surface area contributed by atoms with E-state index in [0.717, 1.165) is 30.4 Å². The number of benzene rings is 2. The summed E-state index contributed by atoms with van der Waals surface area (Å²) in [6.07, 6.45) is 2.66. The van der Waals surface area contributed by atoms with E-state index in [1.54, 1.807) is 24.3 Å². The number of nitrogens with one attached hydrogen (secondary N) is 1. The van der Waals surface area contributed by atoms with Gasteiger partial charge in [-0.1, -0.05) is 12.1 Å². The quantitative estimate of drug-likeness (QED) is 0.448. The van der Waals surface area contributed by atoms with Gasteiger partial charge < -0.3 is 13.8 Å². The van der Waals surface area contributed by atoms with E-state index in [2.05, 4.69) is 5.16 Å². The fraction of sp³-hybridized carbons (Fsp3) is 0.333. The lowest BCUT2D eigenvalue weighted by molar-refractivity contribution is -0.0730. The average molecular weight is 451 g/mol. The lowest BCUT2D eigenvalue weighted by Gasteiger charge is -2.21. The Morgan fingerprint density at radius 2 is 1.67 bits per heavy atom. The fourth-order valence-corrected chi connectivity index (χ4v) is 3.68. The molecule has 0 saturated carbocycles. The van der Waals surface area contributed by atoms with Crippen molar-refractivity contribution < 1.29 is 13.8 Å². The Kier molecular flexibility index (Phi) is 6.32. The standard InChI is InChI=1S/C13H14ClNO3.C8H6ClNO2/c14-8-9-4-5-10-11(7-9)18-15(13(10)16)12-3-1-2-6-17-12;9-4-5-1-2-6-7(3-5)12-10-8(6)11/h4-5,7,12H,1-3,6,8H2;1-3H,4H2,(H,10,11). The molecule has 0 spiro atoms. The van der Waals surface area contributed by atoms with E-state index in [1.807, 2.05) is 12.1 Å². The number of hydrogen-bond acceptors (Lipinski definition) is 5. The molecule has 1 fully saturated rings. The molecule has 158 valence electrons. The van der Waals surface area contributed by atoms with Gasteiger partial charge in [0.2, 0.25) is 0 Å². The second-order valence-electron chi connectivity index (χ2n) is 7.00. The maximum absolute atomic E-state index is 12.2. The van der Waals surface area contributed by atoms with Crippen LogP contribution in [0.1, 0.15) is 36.6 Å². The predicted octanol–water partition coefficient (Wildman–Crippen LogP) is 4.89. The SMILES string of the molecule is O=c1[nH]oc2cc(CCl)ccc12.O=c1c2ccc(CCl)cc2on1C1CCCCO1. The third-order valence-corrected chi connectivity index (χ3v) is 5.56. The molecule has 30 heavy (non-hydrogen) atoms.